The number of aliphatic imine (C=N–C) groups is 1. The van der Waals surface area contributed by atoms with Gasteiger partial charge in [0.1, 0.15) is 17.5 Å². The first-order valence-electron chi connectivity index (χ1n) is 9.15. The molecule has 1 atom stereocenters. The molecule has 5 N–H and O–H groups in total. The molecular weight excluding hydrogens is 391 g/mol. The first kappa shape index (κ1) is 20.9. The molecule has 0 saturated heterocycles. The summed E-state index contributed by atoms with van der Waals surface area (Å²) in [4.78, 5) is 37.2. The number of ether oxygens (including phenoxy) is 1. The first-order chi connectivity index (χ1) is 14.3. The van der Waals surface area contributed by atoms with Gasteiger partial charge in [-0.3, -0.25) is 14.6 Å². The van der Waals surface area contributed by atoms with E-state index in [9.17, 15) is 14.0 Å². The van der Waals surface area contributed by atoms with Gasteiger partial charge in [-0.05, 0) is 26.0 Å². The van der Waals surface area contributed by atoms with Gasteiger partial charge in [-0.25, -0.2) is 14.4 Å². The average molecular weight is 412 g/mol. The van der Waals surface area contributed by atoms with Crippen molar-refractivity contribution in [1.82, 2.24) is 9.97 Å². The predicted octanol–water partition coefficient (Wildman–Crippen LogP) is 1.54. The number of allylic oxidation sites excluding steroid dienone is 1. The van der Waals surface area contributed by atoms with E-state index in [4.69, 9.17) is 16.2 Å². The summed E-state index contributed by atoms with van der Waals surface area (Å²) >= 11 is 0. The van der Waals surface area contributed by atoms with Gasteiger partial charge < -0.3 is 21.5 Å². The van der Waals surface area contributed by atoms with Crippen molar-refractivity contribution in [3.05, 3.63) is 53.1 Å². The van der Waals surface area contributed by atoms with E-state index in [1.165, 1.54) is 25.3 Å². The molecule has 1 aromatic carbocycles. The van der Waals surface area contributed by atoms with Crippen molar-refractivity contribution in [1.29, 1.82) is 0 Å². The lowest BCUT2D eigenvalue weighted by molar-refractivity contribution is -0.152. The lowest BCUT2D eigenvalue weighted by Gasteiger charge is -2.20. The number of fused-ring (bicyclic) bond motifs is 1. The highest BCUT2D eigenvalue weighted by Crippen LogP contribution is 2.40. The van der Waals surface area contributed by atoms with Crippen LogP contribution in [0.3, 0.4) is 0 Å². The summed E-state index contributed by atoms with van der Waals surface area (Å²) in [5, 5.41) is 2.53. The molecule has 0 radical (unpaired) electrons. The maximum atomic E-state index is 13.6. The minimum atomic E-state index is -1.65. The number of nitrogen functional groups attached to an aromatic ring is 1. The van der Waals surface area contributed by atoms with Gasteiger partial charge in [-0.1, -0.05) is 18.2 Å². The van der Waals surface area contributed by atoms with Crippen LogP contribution in [-0.4, -0.2) is 34.7 Å². The van der Waals surface area contributed by atoms with Crippen LogP contribution in [0.5, 0.6) is 0 Å². The van der Waals surface area contributed by atoms with Crippen LogP contribution >= 0.6 is 0 Å². The Morgan fingerprint density at radius 3 is 2.80 bits per heavy atom. The monoisotopic (exact) mass is 412 g/mol. The first-order valence-corrected chi connectivity index (χ1v) is 9.15. The molecule has 1 unspecified atom stereocenters. The normalized spacial score (nSPS) is 18.4. The second kappa shape index (κ2) is 8.27. The molecule has 0 spiro atoms. The number of halogens is 1. The molecule has 3 rings (SSSR count). The zero-order valence-corrected chi connectivity index (χ0v) is 16.5. The number of hydrogen-bond donors (Lipinski definition) is 3. The quantitative estimate of drug-likeness (QED) is 0.371. The average Bonchev–Trinajstić information content (AvgIpc) is 2.98. The van der Waals surface area contributed by atoms with Gasteiger partial charge >= 0.3 is 5.97 Å². The Balaban J connectivity index is 1.84. The van der Waals surface area contributed by atoms with Gasteiger partial charge in [0.25, 0.3) is 0 Å². The summed E-state index contributed by atoms with van der Waals surface area (Å²) in [6.07, 6.45) is 2.83. The van der Waals surface area contributed by atoms with Crippen LogP contribution < -0.4 is 16.8 Å². The SMILES string of the molecule is CCOC(=O)C1(C)C(=O)Nc2nc(C(N)=CC=NCc3ccccc3F)nc(N)c21. The third-order valence-electron chi connectivity index (χ3n) is 4.64. The number of hydrogen-bond acceptors (Lipinski definition) is 8. The summed E-state index contributed by atoms with van der Waals surface area (Å²) in [6.45, 7) is 3.28. The maximum Gasteiger partial charge on any atom is 0.326 e. The molecule has 156 valence electrons. The van der Waals surface area contributed by atoms with E-state index in [2.05, 4.69) is 20.3 Å². The summed E-state index contributed by atoms with van der Waals surface area (Å²) in [5.74, 6) is -1.61. The number of rotatable bonds is 6. The molecule has 1 aliphatic rings. The Kier molecular flexibility index (Phi) is 5.77. The molecule has 0 aliphatic carbocycles. The Morgan fingerprint density at radius 1 is 1.37 bits per heavy atom. The van der Waals surface area contributed by atoms with Crippen LogP contribution in [0.25, 0.3) is 5.70 Å². The van der Waals surface area contributed by atoms with E-state index in [0.29, 0.717) is 5.56 Å². The second-order valence-corrected chi connectivity index (χ2v) is 6.66. The van der Waals surface area contributed by atoms with Crippen molar-refractivity contribution in [2.24, 2.45) is 10.7 Å². The number of nitrogens with one attached hydrogen (secondary N) is 1. The molecule has 9 nitrogen and oxygen atoms in total. The fourth-order valence-corrected chi connectivity index (χ4v) is 2.99. The smallest absolute Gasteiger partial charge is 0.326 e. The molecule has 1 amide bonds. The molecule has 2 heterocycles. The number of carbonyl (C=O) groups is 2. The van der Waals surface area contributed by atoms with Gasteiger partial charge in [0, 0.05) is 11.8 Å². The zero-order chi connectivity index (χ0) is 21.9. The fourth-order valence-electron chi connectivity index (χ4n) is 2.99. The van der Waals surface area contributed by atoms with E-state index in [1.807, 2.05) is 0 Å². The van der Waals surface area contributed by atoms with E-state index < -0.39 is 17.3 Å². The molecular formula is C20H21FN6O3. The molecule has 30 heavy (non-hydrogen) atoms. The van der Waals surface area contributed by atoms with Crippen molar-refractivity contribution < 1.29 is 18.7 Å². The lowest BCUT2D eigenvalue weighted by atomic mass is 9.84. The molecule has 10 heteroatoms. The van der Waals surface area contributed by atoms with Crippen molar-refractivity contribution in [2.75, 3.05) is 17.7 Å². The van der Waals surface area contributed by atoms with Crippen LogP contribution in [0, 0.1) is 5.82 Å². The summed E-state index contributed by atoms with van der Waals surface area (Å²) in [7, 11) is 0. The van der Waals surface area contributed by atoms with Crippen molar-refractivity contribution in [3.8, 4) is 0 Å². The van der Waals surface area contributed by atoms with Gasteiger partial charge in [-0.15, -0.1) is 0 Å². The number of amides is 1. The van der Waals surface area contributed by atoms with E-state index in [1.54, 1.807) is 25.1 Å². The number of anilines is 2. The standard InChI is InChI=1S/C20H21FN6O3/c1-3-30-19(29)20(2)14-15(23)25-16(26-17(14)27-18(20)28)13(22)8-9-24-10-11-6-4-5-7-12(11)21/h4-9H,3,10,22H2,1-2H3,(H3,23,25,26,27,28). The number of aromatic nitrogens is 2. The largest absolute Gasteiger partial charge is 0.465 e. The van der Waals surface area contributed by atoms with Crippen molar-refractivity contribution in [2.45, 2.75) is 25.8 Å². The van der Waals surface area contributed by atoms with Gasteiger partial charge in [0.05, 0.1) is 24.4 Å². The van der Waals surface area contributed by atoms with Gasteiger partial charge in [0.15, 0.2) is 11.2 Å². The Morgan fingerprint density at radius 2 is 2.10 bits per heavy atom. The topological polar surface area (TPSA) is 146 Å². The van der Waals surface area contributed by atoms with E-state index >= 15 is 0 Å². The van der Waals surface area contributed by atoms with Gasteiger partial charge in [0.2, 0.25) is 5.91 Å². The highest BCUT2D eigenvalue weighted by atomic mass is 19.1. The van der Waals surface area contributed by atoms with E-state index in [-0.39, 0.29) is 47.7 Å². The number of carbonyl (C=O) groups excluding carboxylic acids is 2. The van der Waals surface area contributed by atoms with Gasteiger partial charge in [-0.2, -0.15) is 0 Å². The van der Waals surface area contributed by atoms with E-state index in [0.717, 1.165) is 0 Å². The molecule has 0 fully saturated rings. The number of nitrogens with two attached hydrogens (primary N) is 2. The highest BCUT2D eigenvalue weighted by molar-refractivity contribution is 6.19. The lowest BCUT2D eigenvalue weighted by Crippen LogP contribution is -2.41. The third kappa shape index (κ3) is 3.71. The number of esters is 1. The summed E-state index contributed by atoms with van der Waals surface area (Å²) < 4.78 is 18.6. The molecule has 1 aliphatic heterocycles. The summed E-state index contributed by atoms with van der Waals surface area (Å²) in [5.41, 5.74) is 11.1. The molecule has 0 bridgehead atoms. The van der Waals surface area contributed by atoms with Crippen LogP contribution in [0.15, 0.2) is 35.3 Å². The van der Waals surface area contributed by atoms with Crippen LogP contribution in [0.2, 0.25) is 0 Å². The minimum Gasteiger partial charge on any atom is -0.465 e. The molecule has 1 aromatic heterocycles. The summed E-state index contributed by atoms with van der Waals surface area (Å²) in [6, 6.07) is 6.31. The van der Waals surface area contributed by atoms with Crippen LogP contribution in [0.4, 0.5) is 16.0 Å². The molecule has 0 saturated carbocycles. The van der Waals surface area contributed by atoms with Crippen molar-refractivity contribution >= 4 is 35.4 Å². The number of nitrogens with zero attached hydrogens (tertiary/aromatic N) is 3. The number of benzene rings is 1. The fraction of sp³-hybridized carbons (Fsp3) is 0.250. The molecule has 2 aromatic rings. The zero-order valence-electron chi connectivity index (χ0n) is 16.5. The second-order valence-electron chi connectivity index (χ2n) is 6.66. The third-order valence-corrected chi connectivity index (χ3v) is 4.64. The van der Waals surface area contributed by atoms with Crippen molar-refractivity contribution in [3.63, 3.8) is 0 Å². The highest BCUT2D eigenvalue weighted by Gasteiger charge is 2.53. The Hall–Kier alpha value is -3.82. The van der Waals surface area contributed by atoms with Crippen LogP contribution in [-0.2, 0) is 26.3 Å². The Bertz CT molecular complexity index is 1070. The predicted molar refractivity (Wildman–Crippen MR) is 110 cm³/mol. The maximum absolute atomic E-state index is 13.6. The van der Waals surface area contributed by atoms with Crippen LogP contribution in [0.1, 0.15) is 30.8 Å². The Labute approximate surface area is 172 Å². The minimum absolute atomic E-state index is 0.0528.